The van der Waals surface area contributed by atoms with Crippen LogP contribution in [0.4, 0.5) is 4.39 Å². The molecule has 2 nitrogen and oxygen atoms in total. The van der Waals surface area contributed by atoms with E-state index in [2.05, 4.69) is 30.3 Å². The maximum Gasteiger partial charge on any atom is 0.128 e. The van der Waals surface area contributed by atoms with E-state index >= 15 is 0 Å². The van der Waals surface area contributed by atoms with E-state index in [0.717, 1.165) is 23.1 Å². The normalized spacial score (nSPS) is 16.4. The van der Waals surface area contributed by atoms with Crippen LogP contribution in [0.2, 0.25) is 0 Å². The molecular weight excluding hydrogens is 414 g/mol. The van der Waals surface area contributed by atoms with Crippen LogP contribution in [0.1, 0.15) is 42.4 Å². The van der Waals surface area contributed by atoms with E-state index in [1.54, 1.807) is 6.07 Å². The number of benzene rings is 2. The monoisotopic (exact) mass is 445 g/mol. The Bertz CT molecular complexity index is 664. The minimum atomic E-state index is -0.159. The third-order valence-corrected chi connectivity index (χ3v) is 5.69. The summed E-state index contributed by atoms with van der Waals surface area (Å²) in [4.78, 5) is 0. The molecule has 3 rings (SSSR count). The van der Waals surface area contributed by atoms with Gasteiger partial charge in [0.15, 0.2) is 0 Å². The minimum absolute atomic E-state index is 0. The van der Waals surface area contributed by atoms with Crippen molar-refractivity contribution in [3.8, 4) is 0 Å². The number of likely N-dealkylation sites (tertiary alicyclic amines) is 1. The van der Waals surface area contributed by atoms with Crippen molar-refractivity contribution in [3.05, 3.63) is 71.0 Å². The first kappa shape index (κ1) is 22.7. The first-order valence-corrected chi connectivity index (χ1v) is 9.89. The Labute approximate surface area is 188 Å². The molecule has 1 radical (unpaired) electrons. The van der Waals surface area contributed by atoms with Gasteiger partial charge in [-0.15, -0.1) is 0 Å². The molecular formula is C23H31FNOY+. The average Bonchev–Trinajstić information content (AvgIpc) is 2.87. The van der Waals surface area contributed by atoms with Crippen LogP contribution in [-0.4, -0.2) is 30.7 Å². The van der Waals surface area contributed by atoms with Gasteiger partial charge < -0.3 is 9.22 Å². The summed E-state index contributed by atoms with van der Waals surface area (Å²) in [5, 5.41) is 0. The van der Waals surface area contributed by atoms with Gasteiger partial charge in [-0.25, -0.2) is 4.39 Å². The third kappa shape index (κ3) is 6.74. The van der Waals surface area contributed by atoms with Gasteiger partial charge >= 0.3 is 0 Å². The molecule has 0 amide bonds. The molecule has 0 spiro atoms. The maximum atomic E-state index is 14.0. The van der Waals surface area contributed by atoms with Crippen LogP contribution in [0.5, 0.6) is 0 Å². The molecule has 2 aromatic rings. The van der Waals surface area contributed by atoms with Gasteiger partial charge in [0.1, 0.15) is 18.9 Å². The predicted octanol–water partition coefficient (Wildman–Crippen LogP) is 5.24. The predicted molar refractivity (Wildman–Crippen MR) is 104 cm³/mol. The molecule has 0 atom stereocenters. The number of hydrogen-bond acceptors (Lipinski definition) is 1. The molecule has 2 aromatic carbocycles. The number of quaternary nitrogens is 1. The zero-order chi connectivity index (χ0) is 18.2. The number of hydrogen-bond donors (Lipinski definition) is 0. The van der Waals surface area contributed by atoms with Crippen LogP contribution in [0.25, 0.3) is 0 Å². The van der Waals surface area contributed by atoms with Crippen LogP contribution in [0.3, 0.4) is 0 Å². The zero-order valence-electron chi connectivity index (χ0n) is 16.5. The summed E-state index contributed by atoms with van der Waals surface area (Å²) in [6.07, 6.45) is 5.26. The molecule has 1 aliphatic rings. The first-order chi connectivity index (χ1) is 12.7. The summed E-state index contributed by atoms with van der Waals surface area (Å²) >= 11 is 0. The van der Waals surface area contributed by atoms with Gasteiger partial charge in [-0.1, -0.05) is 42.5 Å². The summed E-state index contributed by atoms with van der Waals surface area (Å²) in [5.74, 6) is -0.159. The smallest absolute Gasteiger partial charge is 0.128 e. The number of aryl methyl sites for hydroxylation is 1. The van der Waals surface area contributed by atoms with E-state index < -0.39 is 0 Å². The molecule has 1 aliphatic heterocycles. The second-order valence-corrected chi connectivity index (χ2v) is 7.66. The molecule has 1 fully saturated rings. The standard InChI is InChI=1S/C23H31FNO.Y/c1-20-10-9-13-23(24)22(20)19-26-17-16-25(14-7-2-3-8-15-25)18-21-11-5-4-6-12-21;/h4-6,9-13H,2-3,7-8,14-19H2,1H3;/q+1;. The molecule has 0 aliphatic carbocycles. The summed E-state index contributed by atoms with van der Waals surface area (Å²) in [7, 11) is 0. The molecule has 0 saturated carbocycles. The third-order valence-electron chi connectivity index (χ3n) is 5.69. The molecule has 0 aromatic heterocycles. The Morgan fingerprint density at radius 1 is 0.926 bits per heavy atom. The Morgan fingerprint density at radius 2 is 1.63 bits per heavy atom. The van der Waals surface area contributed by atoms with Crippen LogP contribution in [-0.2, 0) is 50.6 Å². The van der Waals surface area contributed by atoms with Gasteiger partial charge in [0, 0.05) is 43.8 Å². The molecule has 1 heterocycles. The van der Waals surface area contributed by atoms with Crippen LogP contribution in [0, 0.1) is 12.7 Å². The van der Waals surface area contributed by atoms with Gasteiger partial charge in [0.25, 0.3) is 0 Å². The molecule has 4 heteroatoms. The molecule has 0 N–H and O–H groups in total. The van der Waals surface area contributed by atoms with E-state index in [1.807, 2.05) is 13.0 Å². The van der Waals surface area contributed by atoms with Crippen molar-refractivity contribution >= 4 is 0 Å². The maximum absolute atomic E-state index is 14.0. The number of ether oxygens (including phenoxy) is 1. The second-order valence-electron chi connectivity index (χ2n) is 7.66. The molecule has 1 saturated heterocycles. The zero-order valence-corrected chi connectivity index (χ0v) is 19.3. The van der Waals surface area contributed by atoms with Crippen molar-refractivity contribution in [3.63, 3.8) is 0 Å². The largest absolute Gasteiger partial charge is 0.371 e. The van der Waals surface area contributed by atoms with Gasteiger partial charge in [0.2, 0.25) is 0 Å². The molecule has 0 unspecified atom stereocenters. The fraction of sp³-hybridized carbons (Fsp3) is 0.478. The van der Waals surface area contributed by atoms with Crippen LogP contribution in [0.15, 0.2) is 48.5 Å². The van der Waals surface area contributed by atoms with Crippen molar-refractivity contribution in [2.24, 2.45) is 0 Å². The first-order valence-electron chi connectivity index (χ1n) is 9.89. The Balaban J connectivity index is 0.00000261. The van der Waals surface area contributed by atoms with E-state index in [9.17, 15) is 4.39 Å². The van der Waals surface area contributed by atoms with Crippen molar-refractivity contribution in [1.82, 2.24) is 0 Å². The summed E-state index contributed by atoms with van der Waals surface area (Å²) in [6, 6.07) is 16.0. The second kappa shape index (κ2) is 11.4. The average molecular weight is 445 g/mol. The Kier molecular flexibility index (Phi) is 9.58. The Morgan fingerprint density at radius 3 is 2.30 bits per heavy atom. The van der Waals surface area contributed by atoms with E-state index in [4.69, 9.17) is 4.74 Å². The van der Waals surface area contributed by atoms with E-state index in [-0.39, 0.29) is 38.5 Å². The topological polar surface area (TPSA) is 9.23 Å². The van der Waals surface area contributed by atoms with Gasteiger partial charge in [-0.3, -0.25) is 0 Å². The van der Waals surface area contributed by atoms with Gasteiger partial charge in [0.05, 0.1) is 26.3 Å². The number of rotatable bonds is 7. The number of halogens is 1. The molecule has 143 valence electrons. The fourth-order valence-corrected chi connectivity index (χ4v) is 4.07. The van der Waals surface area contributed by atoms with Crippen molar-refractivity contribution in [2.45, 2.75) is 45.8 Å². The van der Waals surface area contributed by atoms with Gasteiger partial charge in [-0.2, -0.15) is 0 Å². The van der Waals surface area contributed by atoms with Crippen LogP contribution >= 0.6 is 0 Å². The summed E-state index contributed by atoms with van der Waals surface area (Å²) < 4.78 is 21.0. The number of nitrogens with zero attached hydrogens (tertiary/aromatic N) is 1. The van der Waals surface area contributed by atoms with E-state index in [1.165, 1.54) is 50.4 Å². The fourth-order valence-electron chi connectivity index (χ4n) is 4.07. The van der Waals surface area contributed by atoms with Crippen molar-refractivity contribution < 1.29 is 46.3 Å². The van der Waals surface area contributed by atoms with Crippen LogP contribution < -0.4 is 0 Å². The SMILES string of the molecule is Cc1cccc(F)c1COCC[N+]1(Cc2ccccc2)CCCCCC1.[Y]. The Hall–Kier alpha value is -0.606. The van der Waals surface area contributed by atoms with E-state index in [0.29, 0.717) is 18.8 Å². The summed E-state index contributed by atoms with van der Waals surface area (Å²) in [6.45, 7) is 7.50. The molecule has 0 bridgehead atoms. The van der Waals surface area contributed by atoms with Crippen molar-refractivity contribution in [1.29, 1.82) is 0 Å². The summed E-state index contributed by atoms with van der Waals surface area (Å²) in [5.41, 5.74) is 3.06. The molecule has 27 heavy (non-hydrogen) atoms. The minimum Gasteiger partial charge on any atom is -0.371 e. The van der Waals surface area contributed by atoms with Crippen molar-refractivity contribution in [2.75, 3.05) is 26.2 Å². The quantitative estimate of drug-likeness (QED) is 0.419. The van der Waals surface area contributed by atoms with Gasteiger partial charge in [-0.05, 0) is 44.2 Å².